The predicted molar refractivity (Wildman–Crippen MR) is 83.3 cm³/mol. The third kappa shape index (κ3) is 2.90. The highest BCUT2D eigenvalue weighted by molar-refractivity contribution is 6.31. The maximum atomic E-state index is 6.13. The van der Waals surface area contributed by atoms with Gasteiger partial charge in [-0.2, -0.15) is 0 Å². The van der Waals surface area contributed by atoms with Gasteiger partial charge in [0.25, 0.3) is 0 Å². The fourth-order valence-corrected chi connectivity index (χ4v) is 2.53. The lowest BCUT2D eigenvalue weighted by atomic mass is 9.87. The molecule has 2 nitrogen and oxygen atoms in total. The molecule has 4 heteroatoms. The van der Waals surface area contributed by atoms with Crippen LogP contribution in [0.1, 0.15) is 39.6 Å². The van der Waals surface area contributed by atoms with Crippen molar-refractivity contribution in [3.63, 3.8) is 0 Å². The summed E-state index contributed by atoms with van der Waals surface area (Å²) in [5, 5.41) is 0.743. The van der Waals surface area contributed by atoms with E-state index in [1.807, 2.05) is 18.2 Å². The minimum absolute atomic E-state index is 0.150. The standard InChI is InChI=1S/C15H20Cl2N2/c1-10(15(2,3)4)19-13-9-11(17)5-6-12(13)18-14(19)7-8-16/h5-6,9-10H,7-8H2,1-4H3. The van der Waals surface area contributed by atoms with Gasteiger partial charge in [0.2, 0.25) is 0 Å². The second-order valence-electron chi connectivity index (χ2n) is 6.01. The number of fused-ring (bicyclic) bond motifs is 1. The Kier molecular flexibility index (Phi) is 4.12. The quantitative estimate of drug-likeness (QED) is 0.723. The Morgan fingerprint density at radius 3 is 2.58 bits per heavy atom. The van der Waals surface area contributed by atoms with E-state index in [1.54, 1.807) is 0 Å². The molecule has 104 valence electrons. The highest BCUT2D eigenvalue weighted by atomic mass is 35.5. The third-order valence-corrected chi connectivity index (χ3v) is 4.11. The molecule has 1 unspecified atom stereocenters. The van der Waals surface area contributed by atoms with Crippen LogP contribution in [0.4, 0.5) is 0 Å². The maximum absolute atomic E-state index is 6.13. The Morgan fingerprint density at radius 2 is 2.00 bits per heavy atom. The number of imidazole rings is 1. The van der Waals surface area contributed by atoms with Crippen molar-refractivity contribution in [3.05, 3.63) is 29.0 Å². The van der Waals surface area contributed by atoms with Crippen LogP contribution in [-0.2, 0) is 6.42 Å². The first-order valence-corrected chi connectivity index (χ1v) is 7.48. The molecule has 1 atom stereocenters. The second kappa shape index (κ2) is 5.34. The lowest BCUT2D eigenvalue weighted by Gasteiger charge is -2.30. The molecule has 0 saturated heterocycles. The van der Waals surface area contributed by atoms with Crippen molar-refractivity contribution in [2.24, 2.45) is 5.41 Å². The van der Waals surface area contributed by atoms with E-state index in [0.29, 0.717) is 11.9 Å². The molecular formula is C15H20Cl2N2. The average molecular weight is 299 g/mol. The van der Waals surface area contributed by atoms with E-state index < -0.39 is 0 Å². The Bertz CT molecular complexity index is 582. The number of nitrogens with zero attached hydrogens (tertiary/aromatic N) is 2. The predicted octanol–water partition coefficient (Wildman–Crippen LogP) is 5.08. The number of alkyl halides is 1. The summed E-state index contributed by atoms with van der Waals surface area (Å²) in [6.07, 6.45) is 0.772. The highest BCUT2D eigenvalue weighted by Gasteiger charge is 2.25. The van der Waals surface area contributed by atoms with Gasteiger partial charge >= 0.3 is 0 Å². The van der Waals surface area contributed by atoms with Gasteiger partial charge in [-0.3, -0.25) is 0 Å². The summed E-state index contributed by atoms with van der Waals surface area (Å²) in [7, 11) is 0. The Hall–Kier alpha value is -0.730. The second-order valence-corrected chi connectivity index (χ2v) is 6.83. The van der Waals surface area contributed by atoms with Gasteiger partial charge in [0, 0.05) is 23.4 Å². The molecule has 0 bridgehead atoms. The number of rotatable bonds is 3. The minimum Gasteiger partial charge on any atom is -0.325 e. The Balaban J connectivity index is 2.66. The van der Waals surface area contributed by atoms with Gasteiger partial charge in [0.15, 0.2) is 0 Å². The van der Waals surface area contributed by atoms with E-state index in [0.717, 1.165) is 28.3 Å². The van der Waals surface area contributed by atoms with Gasteiger partial charge in [-0.1, -0.05) is 32.4 Å². The van der Waals surface area contributed by atoms with E-state index in [2.05, 4.69) is 32.3 Å². The van der Waals surface area contributed by atoms with Crippen LogP contribution in [0.2, 0.25) is 5.02 Å². The van der Waals surface area contributed by atoms with Gasteiger partial charge in [-0.25, -0.2) is 4.98 Å². The van der Waals surface area contributed by atoms with E-state index in [4.69, 9.17) is 28.2 Å². The van der Waals surface area contributed by atoms with Gasteiger partial charge < -0.3 is 4.57 Å². The van der Waals surface area contributed by atoms with Crippen LogP contribution in [-0.4, -0.2) is 15.4 Å². The molecule has 1 aromatic carbocycles. The van der Waals surface area contributed by atoms with E-state index in [-0.39, 0.29) is 5.41 Å². The zero-order valence-electron chi connectivity index (χ0n) is 11.9. The van der Waals surface area contributed by atoms with Crippen LogP contribution in [0.15, 0.2) is 18.2 Å². The number of hydrogen-bond donors (Lipinski definition) is 0. The van der Waals surface area contributed by atoms with Crippen molar-refractivity contribution < 1.29 is 0 Å². The first-order chi connectivity index (χ1) is 8.84. The molecule has 2 rings (SSSR count). The van der Waals surface area contributed by atoms with Gasteiger partial charge in [-0.05, 0) is 30.5 Å². The van der Waals surface area contributed by atoms with Crippen LogP contribution in [0.3, 0.4) is 0 Å². The Labute approximate surface area is 124 Å². The summed E-state index contributed by atoms with van der Waals surface area (Å²) < 4.78 is 2.28. The molecule has 0 aliphatic heterocycles. The summed E-state index contributed by atoms with van der Waals surface area (Å²) in [4.78, 5) is 4.70. The van der Waals surface area contributed by atoms with Crippen molar-refractivity contribution >= 4 is 34.2 Å². The first-order valence-electron chi connectivity index (χ1n) is 6.57. The third-order valence-electron chi connectivity index (χ3n) is 3.68. The van der Waals surface area contributed by atoms with E-state index >= 15 is 0 Å². The van der Waals surface area contributed by atoms with Gasteiger partial charge in [0.05, 0.1) is 11.0 Å². The van der Waals surface area contributed by atoms with Crippen LogP contribution < -0.4 is 0 Å². The number of aryl methyl sites for hydroxylation is 1. The van der Waals surface area contributed by atoms with E-state index in [1.165, 1.54) is 0 Å². The molecule has 0 radical (unpaired) electrons. The van der Waals surface area contributed by atoms with Crippen molar-refractivity contribution in [1.29, 1.82) is 0 Å². The lowest BCUT2D eigenvalue weighted by Crippen LogP contribution is -2.23. The van der Waals surface area contributed by atoms with Crippen molar-refractivity contribution in [3.8, 4) is 0 Å². The molecule has 1 heterocycles. The van der Waals surface area contributed by atoms with Crippen molar-refractivity contribution in [2.45, 2.75) is 40.2 Å². The smallest absolute Gasteiger partial charge is 0.111 e. The molecule has 0 aliphatic carbocycles. The number of halogens is 2. The van der Waals surface area contributed by atoms with Gasteiger partial charge in [-0.15, -0.1) is 11.6 Å². The normalized spacial score (nSPS) is 14.0. The van der Waals surface area contributed by atoms with Crippen LogP contribution >= 0.6 is 23.2 Å². The number of benzene rings is 1. The first kappa shape index (κ1) is 14.7. The summed E-state index contributed by atoms with van der Waals surface area (Å²) in [5.74, 6) is 1.61. The fourth-order valence-electron chi connectivity index (χ4n) is 2.20. The molecule has 1 aromatic heterocycles. The van der Waals surface area contributed by atoms with Gasteiger partial charge in [0.1, 0.15) is 5.82 Å². The van der Waals surface area contributed by atoms with Crippen LogP contribution in [0, 0.1) is 5.41 Å². The molecule has 0 fully saturated rings. The molecule has 2 aromatic rings. The SMILES string of the molecule is CC(n1c(CCCl)nc2ccc(Cl)cc21)C(C)(C)C. The monoisotopic (exact) mass is 298 g/mol. The zero-order valence-corrected chi connectivity index (χ0v) is 13.4. The van der Waals surface area contributed by atoms with Crippen LogP contribution in [0.25, 0.3) is 11.0 Å². The average Bonchev–Trinajstić information content (AvgIpc) is 2.64. The molecule has 19 heavy (non-hydrogen) atoms. The summed E-state index contributed by atoms with van der Waals surface area (Å²) in [6, 6.07) is 6.17. The number of aromatic nitrogens is 2. The fraction of sp³-hybridized carbons (Fsp3) is 0.533. The van der Waals surface area contributed by atoms with Crippen molar-refractivity contribution in [2.75, 3.05) is 5.88 Å². The van der Waals surface area contributed by atoms with E-state index in [9.17, 15) is 0 Å². The summed E-state index contributed by atoms with van der Waals surface area (Å²) >= 11 is 12.0. The lowest BCUT2D eigenvalue weighted by molar-refractivity contribution is 0.263. The number of hydrogen-bond acceptors (Lipinski definition) is 1. The maximum Gasteiger partial charge on any atom is 0.111 e. The minimum atomic E-state index is 0.150. The highest BCUT2D eigenvalue weighted by Crippen LogP contribution is 2.34. The summed E-state index contributed by atoms with van der Waals surface area (Å²) in [5.41, 5.74) is 2.23. The molecule has 0 N–H and O–H groups in total. The molecular weight excluding hydrogens is 279 g/mol. The zero-order chi connectivity index (χ0) is 14.2. The molecule has 0 aliphatic rings. The molecule has 0 amide bonds. The molecule has 0 saturated carbocycles. The Morgan fingerprint density at radius 1 is 1.32 bits per heavy atom. The topological polar surface area (TPSA) is 17.8 Å². The van der Waals surface area contributed by atoms with Crippen molar-refractivity contribution in [1.82, 2.24) is 9.55 Å². The molecule has 0 spiro atoms. The largest absolute Gasteiger partial charge is 0.325 e. The van der Waals surface area contributed by atoms with Crippen LogP contribution in [0.5, 0.6) is 0 Å². The summed E-state index contributed by atoms with van der Waals surface area (Å²) in [6.45, 7) is 8.93.